The van der Waals surface area contributed by atoms with Crippen LogP contribution in [0.1, 0.15) is 0 Å². The molecule has 8 radical (unpaired) electrons. The summed E-state index contributed by atoms with van der Waals surface area (Å²) >= 11 is 0. The van der Waals surface area contributed by atoms with Gasteiger partial charge >= 0.3 is 65.4 Å². The molecule has 0 aromatic rings. The molecule has 0 saturated heterocycles. The molecule has 0 amide bonds. The minimum absolute atomic E-state index is 0. The Morgan fingerprint density at radius 3 is 0.429 bits per heavy atom. The van der Waals surface area contributed by atoms with Gasteiger partial charge in [-0.25, -0.2) is 0 Å². The van der Waals surface area contributed by atoms with Crippen LogP contribution < -0.4 is 0 Å². The molecule has 0 aliphatic heterocycles. The largest absolute Gasteiger partial charge is 3.00 e. The maximum Gasteiger partial charge on any atom is 3.00 e. The average molecular weight is 282 g/mol. The Labute approximate surface area is 102 Å². The van der Waals surface area contributed by atoms with Crippen molar-refractivity contribution in [2.24, 2.45) is 0 Å². The number of hydrogen-bond acceptors (Lipinski definition) is 0. The van der Waals surface area contributed by atoms with Gasteiger partial charge in [0, 0.05) is 21.9 Å². The molecular formula is O3Si2Y2. The molecule has 7 heteroatoms. The predicted molar refractivity (Wildman–Crippen MR) is 13.6 cm³/mol. The maximum atomic E-state index is 0. The normalized spacial score (nSPS) is 0. The van der Waals surface area contributed by atoms with Gasteiger partial charge in [0.25, 0.3) is 0 Å². The first-order valence-corrected chi connectivity index (χ1v) is 0. The summed E-state index contributed by atoms with van der Waals surface area (Å²) in [6.07, 6.45) is 0. The summed E-state index contributed by atoms with van der Waals surface area (Å²) in [5.74, 6) is 0. The predicted octanol–water partition coefficient (Wildman–Crippen LogP) is -1.12. The zero-order valence-electron chi connectivity index (χ0n) is 3.38. The Hall–Kier alpha value is 2.52. The zero-order valence-corrected chi connectivity index (χ0v) is 11.1. The fourth-order valence-corrected chi connectivity index (χ4v) is 0. The van der Waals surface area contributed by atoms with Crippen LogP contribution in [0, 0.1) is 0 Å². The van der Waals surface area contributed by atoms with Gasteiger partial charge in [-0.1, -0.05) is 0 Å². The average Bonchev–Trinajstić information content (AvgIpc) is 0. The van der Waals surface area contributed by atoms with E-state index >= 15 is 0 Å². The van der Waals surface area contributed by atoms with E-state index in [1.54, 1.807) is 0 Å². The third kappa shape index (κ3) is 57.0. The maximum absolute atomic E-state index is 0. The van der Waals surface area contributed by atoms with Gasteiger partial charge < -0.3 is 16.4 Å². The van der Waals surface area contributed by atoms with E-state index < -0.39 is 0 Å². The molecule has 32 valence electrons. The van der Waals surface area contributed by atoms with Crippen molar-refractivity contribution in [3.63, 3.8) is 0 Å². The van der Waals surface area contributed by atoms with Crippen LogP contribution in [0.15, 0.2) is 0 Å². The Morgan fingerprint density at radius 1 is 0.429 bits per heavy atom. The second-order valence-corrected chi connectivity index (χ2v) is 0. The fraction of sp³-hybridized carbons (Fsp3) is 0. The smallest absolute Gasteiger partial charge is 2.00 e. The molecule has 3 nitrogen and oxygen atoms in total. The molecule has 0 aliphatic rings. The van der Waals surface area contributed by atoms with Crippen molar-refractivity contribution in [1.29, 1.82) is 0 Å². The van der Waals surface area contributed by atoms with Gasteiger partial charge in [0.2, 0.25) is 0 Å². The molecule has 0 unspecified atom stereocenters. The van der Waals surface area contributed by atoms with Gasteiger partial charge in [-0.15, -0.1) is 0 Å². The molecule has 7 heavy (non-hydrogen) atoms. The van der Waals surface area contributed by atoms with E-state index in [1.165, 1.54) is 0 Å². The van der Waals surface area contributed by atoms with Crippen LogP contribution in [0.2, 0.25) is 0 Å². The quantitative estimate of drug-likeness (QED) is 0.504. The molecule has 0 saturated carbocycles. The Morgan fingerprint density at radius 2 is 0.429 bits per heavy atom. The van der Waals surface area contributed by atoms with Crippen LogP contribution in [-0.4, -0.2) is 21.9 Å². The summed E-state index contributed by atoms with van der Waals surface area (Å²) in [5, 5.41) is 0. The van der Waals surface area contributed by atoms with Gasteiger partial charge in [0.15, 0.2) is 0 Å². The van der Waals surface area contributed by atoms with Crippen LogP contribution in [0.5, 0.6) is 0 Å². The van der Waals surface area contributed by atoms with Gasteiger partial charge in [-0.05, 0) is 0 Å². The van der Waals surface area contributed by atoms with Crippen molar-refractivity contribution < 1.29 is 81.8 Å². The SMILES string of the molecule is [O-2].[O-2].[O-2].[Si].[Si].[Y+3].[Y+3]. The molecule has 0 fully saturated rings. The van der Waals surface area contributed by atoms with Crippen molar-refractivity contribution in [2.75, 3.05) is 0 Å². The van der Waals surface area contributed by atoms with E-state index in [2.05, 4.69) is 0 Å². The summed E-state index contributed by atoms with van der Waals surface area (Å²) < 4.78 is 0. The van der Waals surface area contributed by atoms with E-state index in [4.69, 9.17) is 0 Å². The monoisotopic (exact) mass is 282 g/mol. The first-order chi connectivity index (χ1) is 0. The summed E-state index contributed by atoms with van der Waals surface area (Å²) in [4.78, 5) is 0. The summed E-state index contributed by atoms with van der Waals surface area (Å²) in [7, 11) is 0. The number of hydrogen-bond donors (Lipinski definition) is 0. The van der Waals surface area contributed by atoms with Gasteiger partial charge in [0.05, 0.1) is 0 Å². The van der Waals surface area contributed by atoms with Crippen molar-refractivity contribution in [2.45, 2.75) is 0 Å². The number of rotatable bonds is 0. The van der Waals surface area contributed by atoms with Gasteiger partial charge in [-0.3, -0.25) is 0 Å². The fourth-order valence-electron chi connectivity index (χ4n) is 0. The molecule has 0 heterocycles. The summed E-state index contributed by atoms with van der Waals surface area (Å²) in [6, 6.07) is 0. The third-order valence-corrected chi connectivity index (χ3v) is 0. The molecular weight excluding hydrogens is 282 g/mol. The van der Waals surface area contributed by atoms with E-state index in [0.29, 0.717) is 0 Å². The van der Waals surface area contributed by atoms with Gasteiger partial charge in [0.1, 0.15) is 0 Å². The standard InChI is InChI=1S/3O.2Si.2Y/q3*-2;;;2*+3. The molecule has 0 rings (SSSR count). The van der Waals surface area contributed by atoms with E-state index in [9.17, 15) is 0 Å². The minimum atomic E-state index is 0. The van der Waals surface area contributed by atoms with Crippen LogP contribution in [-0.2, 0) is 81.8 Å². The summed E-state index contributed by atoms with van der Waals surface area (Å²) in [5.41, 5.74) is 0. The minimum Gasteiger partial charge on any atom is -2.00 e. The van der Waals surface area contributed by atoms with Gasteiger partial charge in [-0.2, -0.15) is 0 Å². The van der Waals surface area contributed by atoms with Crippen LogP contribution in [0.25, 0.3) is 0 Å². The molecule has 0 spiro atoms. The molecule has 0 N–H and O–H groups in total. The van der Waals surface area contributed by atoms with Crippen LogP contribution in [0.4, 0.5) is 0 Å². The first kappa shape index (κ1) is 109. The second-order valence-electron chi connectivity index (χ2n) is 0. The van der Waals surface area contributed by atoms with Crippen molar-refractivity contribution in [1.82, 2.24) is 0 Å². The Kier molecular flexibility index (Phi) is 1180. The molecule has 0 bridgehead atoms. The first-order valence-electron chi connectivity index (χ1n) is 0. The van der Waals surface area contributed by atoms with Crippen molar-refractivity contribution in [3.8, 4) is 0 Å². The second kappa shape index (κ2) is 75.8. The van der Waals surface area contributed by atoms with E-state index in [1.807, 2.05) is 0 Å². The molecule has 0 atom stereocenters. The molecule has 0 aromatic carbocycles. The van der Waals surface area contributed by atoms with Crippen LogP contribution >= 0.6 is 0 Å². The van der Waals surface area contributed by atoms with Crippen molar-refractivity contribution >= 4 is 21.9 Å². The zero-order chi connectivity index (χ0) is 0. The molecule has 0 aliphatic carbocycles. The molecule has 0 aromatic heterocycles. The van der Waals surface area contributed by atoms with E-state index in [0.717, 1.165) is 0 Å². The van der Waals surface area contributed by atoms with Crippen molar-refractivity contribution in [3.05, 3.63) is 0 Å². The Balaban J connectivity index is 0. The summed E-state index contributed by atoms with van der Waals surface area (Å²) in [6.45, 7) is 0. The Bertz CT molecular complexity index is 10.9. The van der Waals surface area contributed by atoms with E-state index in [-0.39, 0.29) is 104 Å². The third-order valence-electron chi connectivity index (χ3n) is 0. The van der Waals surface area contributed by atoms with Crippen LogP contribution in [0.3, 0.4) is 0 Å². The topological polar surface area (TPSA) is 85.5 Å².